The summed E-state index contributed by atoms with van der Waals surface area (Å²) in [7, 11) is 0. The second-order valence-corrected chi connectivity index (χ2v) is 5.89. The summed E-state index contributed by atoms with van der Waals surface area (Å²) in [5, 5.41) is 3.08. The van der Waals surface area contributed by atoms with Crippen molar-refractivity contribution in [2.24, 2.45) is 0 Å². The fourth-order valence-corrected chi connectivity index (χ4v) is 2.73. The van der Waals surface area contributed by atoms with Crippen LogP contribution in [0.2, 0.25) is 0 Å². The van der Waals surface area contributed by atoms with Gasteiger partial charge < -0.3 is 10.1 Å². The fraction of sp³-hybridized carbons (Fsp3) is 0.533. The van der Waals surface area contributed by atoms with E-state index >= 15 is 0 Å². The number of carbonyl (C=O) groups is 1. The summed E-state index contributed by atoms with van der Waals surface area (Å²) in [5.41, 5.74) is 0. The molecule has 2 rings (SSSR count). The minimum absolute atomic E-state index is 0.0253. The molecule has 1 atom stereocenters. The molecule has 1 aromatic rings. The number of halogens is 1. The first-order valence-corrected chi connectivity index (χ1v) is 7.67. The highest BCUT2D eigenvalue weighted by atomic mass is 79.9. The first-order valence-electron chi connectivity index (χ1n) is 6.88. The number of hydrogen-bond donors (Lipinski definition) is 1. The Bertz CT molecular complexity index is 430. The zero-order valence-corrected chi connectivity index (χ0v) is 12.8. The summed E-state index contributed by atoms with van der Waals surface area (Å²) >= 11 is 3.42. The molecule has 0 saturated heterocycles. The van der Waals surface area contributed by atoms with Gasteiger partial charge in [-0.05, 0) is 47.8 Å². The van der Waals surface area contributed by atoms with Crippen molar-refractivity contribution in [3.8, 4) is 5.75 Å². The van der Waals surface area contributed by atoms with E-state index in [-0.39, 0.29) is 5.91 Å². The molecule has 1 aliphatic carbocycles. The monoisotopic (exact) mass is 325 g/mol. The molecule has 1 N–H and O–H groups in total. The predicted molar refractivity (Wildman–Crippen MR) is 79.2 cm³/mol. The Morgan fingerprint density at radius 3 is 2.68 bits per heavy atom. The summed E-state index contributed by atoms with van der Waals surface area (Å²) in [6, 6.07) is 7.90. The molecule has 1 saturated carbocycles. The molecule has 4 heteroatoms. The van der Waals surface area contributed by atoms with Gasteiger partial charge in [0.15, 0.2) is 6.10 Å². The lowest BCUT2D eigenvalue weighted by Gasteiger charge is -2.24. The summed E-state index contributed by atoms with van der Waals surface area (Å²) in [5.74, 6) is 0.677. The molecule has 0 radical (unpaired) electrons. The van der Waals surface area contributed by atoms with E-state index in [4.69, 9.17) is 4.74 Å². The number of hydrogen-bond acceptors (Lipinski definition) is 2. The van der Waals surface area contributed by atoms with E-state index in [0.717, 1.165) is 17.3 Å². The van der Waals surface area contributed by atoms with Crippen LogP contribution in [0.15, 0.2) is 28.7 Å². The lowest BCUT2D eigenvalue weighted by Crippen LogP contribution is -2.43. The van der Waals surface area contributed by atoms with Crippen LogP contribution in [0.1, 0.15) is 39.0 Å². The Labute approximate surface area is 122 Å². The Hall–Kier alpha value is -1.03. The van der Waals surface area contributed by atoms with Crippen LogP contribution in [0.4, 0.5) is 0 Å². The smallest absolute Gasteiger partial charge is 0.260 e. The zero-order chi connectivity index (χ0) is 13.7. The summed E-state index contributed by atoms with van der Waals surface area (Å²) in [4.78, 5) is 12.1. The Morgan fingerprint density at radius 2 is 2.00 bits per heavy atom. The van der Waals surface area contributed by atoms with E-state index in [0.29, 0.717) is 11.8 Å². The molecule has 0 bridgehead atoms. The van der Waals surface area contributed by atoms with Crippen molar-refractivity contribution in [2.45, 2.75) is 51.2 Å². The van der Waals surface area contributed by atoms with Gasteiger partial charge in [0, 0.05) is 6.04 Å². The molecule has 1 aliphatic rings. The zero-order valence-electron chi connectivity index (χ0n) is 11.2. The van der Waals surface area contributed by atoms with Crippen molar-refractivity contribution < 1.29 is 9.53 Å². The summed E-state index contributed by atoms with van der Waals surface area (Å²) < 4.78 is 6.56. The molecular weight excluding hydrogens is 306 g/mol. The highest BCUT2D eigenvalue weighted by Crippen LogP contribution is 2.25. The van der Waals surface area contributed by atoms with Crippen LogP contribution >= 0.6 is 15.9 Å². The van der Waals surface area contributed by atoms with Crippen molar-refractivity contribution in [1.82, 2.24) is 5.32 Å². The molecule has 3 nitrogen and oxygen atoms in total. The SMILES string of the molecule is CC(Oc1ccccc1Br)C(=O)NC1CCCCC1. The Balaban J connectivity index is 1.87. The van der Waals surface area contributed by atoms with Gasteiger partial charge in [-0.3, -0.25) is 4.79 Å². The lowest BCUT2D eigenvalue weighted by molar-refractivity contribution is -0.128. The van der Waals surface area contributed by atoms with Crippen LogP contribution in [-0.2, 0) is 4.79 Å². The Morgan fingerprint density at radius 1 is 1.32 bits per heavy atom. The molecule has 0 aromatic heterocycles. The topological polar surface area (TPSA) is 38.3 Å². The average Bonchev–Trinajstić information content (AvgIpc) is 2.42. The van der Waals surface area contributed by atoms with Crippen LogP contribution < -0.4 is 10.1 Å². The molecule has 0 heterocycles. The maximum Gasteiger partial charge on any atom is 0.260 e. The molecule has 104 valence electrons. The van der Waals surface area contributed by atoms with Crippen LogP contribution in [0, 0.1) is 0 Å². The van der Waals surface area contributed by atoms with Gasteiger partial charge in [0.1, 0.15) is 5.75 Å². The Kier molecular flexibility index (Phi) is 5.25. The predicted octanol–water partition coefficient (Wildman–Crippen LogP) is 3.67. The number of ether oxygens (including phenoxy) is 1. The van der Waals surface area contributed by atoms with E-state index in [2.05, 4.69) is 21.2 Å². The lowest BCUT2D eigenvalue weighted by atomic mass is 9.95. The third kappa shape index (κ3) is 4.23. The van der Waals surface area contributed by atoms with Crippen LogP contribution in [0.3, 0.4) is 0 Å². The van der Waals surface area contributed by atoms with Gasteiger partial charge in [0.05, 0.1) is 4.47 Å². The van der Waals surface area contributed by atoms with Gasteiger partial charge in [-0.2, -0.15) is 0 Å². The number of rotatable bonds is 4. The largest absolute Gasteiger partial charge is 0.480 e. The normalized spacial score (nSPS) is 17.8. The van der Waals surface area contributed by atoms with Crippen molar-refractivity contribution in [1.29, 1.82) is 0 Å². The summed E-state index contributed by atoms with van der Waals surface area (Å²) in [6.45, 7) is 1.79. The first kappa shape index (κ1) is 14.4. The van der Waals surface area contributed by atoms with Crippen molar-refractivity contribution in [3.63, 3.8) is 0 Å². The van der Waals surface area contributed by atoms with Gasteiger partial charge in [0.2, 0.25) is 0 Å². The second-order valence-electron chi connectivity index (χ2n) is 5.03. The standard InChI is InChI=1S/C15H20BrNO2/c1-11(19-14-10-6-5-9-13(14)16)15(18)17-12-7-3-2-4-8-12/h5-6,9-12H,2-4,7-8H2,1H3,(H,17,18). The molecule has 1 fully saturated rings. The molecule has 0 aliphatic heterocycles. The van der Waals surface area contributed by atoms with Crippen LogP contribution in [-0.4, -0.2) is 18.1 Å². The highest BCUT2D eigenvalue weighted by Gasteiger charge is 2.21. The summed E-state index contributed by atoms with van der Waals surface area (Å²) in [6.07, 6.45) is 5.42. The second kappa shape index (κ2) is 6.94. The highest BCUT2D eigenvalue weighted by molar-refractivity contribution is 9.10. The fourth-order valence-electron chi connectivity index (χ4n) is 2.35. The van der Waals surface area contributed by atoms with Crippen LogP contribution in [0.25, 0.3) is 0 Å². The number of para-hydroxylation sites is 1. The van der Waals surface area contributed by atoms with Gasteiger partial charge in [-0.15, -0.1) is 0 Å². The maximum atomic E-state index is 12.1. The van der Waals surface area contributed by atoms with Gasteiger partial charge in [-0.1, -0.05) is 31.4 Å². The number of benzene rings is 1. The molecular formula is C15H20BrNO2. The van der Waals surface area contributed by atoms with E-state index < -0.39 is 6.10 Å². The molecule has 19 heavy (non-hydrogen) atoms. The van der Waals surface area contributed by atoms with Gasteiger partial charge >= 0.3 is 0 Å². The van der Waals surface area contributed by atoms with Crippen molar-refractivity contribution in [2.75, 3.05) is 0 Å². The first-order chi connectivity index (χ1) is 9.16. The van der Waals surface area contributed by atoms with Crippen LogP contribution in [0.5, 0.6) is 5.75 Å². The van der Waals surface area contributed by atoms with Gasteiger partial charge in [0.25, 0.3) is 5.91 Å². The third-order valence-electron chi connectivity index (χ3n) is 3.46. The maximum absolute atomic E-state index is 12.1. The molecule has 1 aromatic carbocycles. The van der Waals surface area contributed by atoms with E-state index in [1.54, 1.807) is 6.92 Å². The van der Waals surface area contributed by atoms with Gasteiger partial charge in [-0.25, -0.2) is 0 Å². The molecule has 0 spiro atoms. The minimum atomic E-state index is -0.472. The minimum Gasteiger partial charge on any atom is -0.480 e. The number of amides is 1. The number of carbonyl (C=O) groups excluding carboxylic acids is 1. The van der Waals surface area contributed by atoms with E-state index in [9.17, 15) is 4.79 Å². The van der Waals surface area contributed by atoms with E-state index in [1.807, 2.05) is 24.3 Å². The number of nitrogens with one attached hydrogen (secondary N) is 1. The third-order valence-corrected chi connectivity index (χ3v) is 4.12. The molecule has 1 amide bonds. The van der Waals surface area contributed by atoms with Crippen molar-refractivity contribution in [3.05, 3.63) is 28.7 Å². The van der Waals surface area contributed by atoms with Crippen molar-refractivity contribution >= 4 is 21.8 Å². The molecule has 1 unspecified atom stereocenters. The average molecular weight is 326 g/mol. The quantitative estimate of drug-likeness (QED) is 0.917. The van der Waals surface area contributed by atoms with E-state index in [1.165, 1.54) is 19.3 Å².